The fraction of sp³-hybridized carbons (Fsp3) is 0.500. The summed E-state index contributed by atoms with van der Waals surface area (Å²) in [5.74, 6) is -0.183. The molecule has 1 aliphatic rings. The smallest absolute Gasteiger partial charge is 0.280 e. The highest BCUT2D eigenvalue weighted by atomic mass is 19.3. The normalized spacial score (nSPS) is 20.6. The molecule has 1 unspecified atom stereocenters. The largest absolute Gasteiger partial charge is 0.393 e. The molecule has 2 aromatic rings. The monoisotopic (exact) mass is 391 g/mol. The van der Waals surface area contributed by atoms with Gasteiger partial charge in [-0.05, 0) is 25.3 Å². The third-order valence-electron chi connectivity index (χ3n) is 5.07. The number of hydrogen-bond acceptors (Lipinski definition) is 6. The van der Waals surface area contributed by atoms with E-state index in [9.17, 15) is 13.6 Å². The summed E-state index contributed by atoms with van der Waals surface area (Å²) in [6.45, 7) is 4.47. The summed E-state index contributed by atoms with van der Waals surface area (Å²) in [4.78, 5) is 22.4. The van der Waals surface area contributed by atoms with Gasteiger partial charge in [-0.2, -0.15) is 10.1 Å². The SMILES string of the molecule is CN/C=C(\C(C)=N)C(=O)N1CCC(C)[C@H](c2cc(C(F)F)nc3ncnn23)C1. The average molecular weight is 391 g/mol. The zero-order valence-corrected chi connectivity index (χ0v) is 16.0. The van der Waals surface area contributed by atoms with E-state index in [0.29, 0.717) is 25.2 Å². The second kappa shape index (κ2) is 7.99. The van der Waals surface area contributed by atoms with Gasteiger partial charge in [0.1, 0.15) is 12.0 Å². The molecule has 3 heterocycles. The number of aromatic nitrogens is 4. The number of nitrogens with one attached hydrogen (secondary N) is 2. The lowest BCUT2D eigenvalue weighted by Crippen LogP contribution is -2.44. The average Bonchev–Trinajstić information content (AvgIpc) is 3.13. The van der Waals surface area contributed by atoms with Crippen molar-refractivity contribution in [3.63, 3.8) is 0 Å². The van der Waals surface area contributed by atoms with Gasteiger partial charge < -0.3 is 15.6 Å². The Hall–Kier alpha value is -2.91. The van der Waals surface area contributed by atoms with Gasteiger partial charge in [-0.25, -0.2) is 18.3 Å². The summed E-state index contributed by atoms with van der Waals surface area (Å²) < 4.78 is 28.1. The minimum absolute atomic E-state index is 0.120. The van der Waals surface area contributed by atoms with Crippen molar-refractivity contribution < 1.29 is 13.6 Å². The highest BCUT2D eigenvalue weighted by molar-refractivity contribution is 6.19. The maximum atomic E-state index is 13.3. The third kappa shape index (κ3) is 3.71. The fourth-order valence-electron chi connectivity index (χ4n) is 3.51. The van der Waals surface area contributed by atoms with Gasteiger partial charge in [0, 0.05) is 38.0 Å². The van der Waals surface area contributed by atoms with Crippen molar-refractivity contribution in [3.05, 3.63) is 35.6 Å². The maximum absolute atomic E-state index is 13.3. The summed E-state index contributed by atoms with van der Waals surface area (Å²) in [6.07, 6.45) is 0.782. The lowest BCUT2D eigenvalue weighted by molar-refractivity contribution is -0.128. The highest BCUT2D eigenvalue weighted by Crippen LogP contribution is 2.34. The number of likely N-dealkylation sites (tertiary alicyclic amines) is 1. The van der Waals surface area contributed by atoms with Crippen molar-refractivity contribution in [1.29, 1.82) is 5.41 Å². The molecular weight excluding hydrogens is 368 g/mol. The summed E-state index contributed by atoms with van der Waals surface area (Å²) in [7, 11) is 1.67. The van der Waals surface area contributed by atoms with Crippen molar-refractivity contribution in [2.75, 3.05) is 20.1 Å². The molecule has 28 heavy (non-hydrogen) atoms. The first-order chi connectivity index (χ1) is 13.3. The maximum Gasteiger partial charge on any atom is 0.280 e. The first kappa shape index (κ1) is 19.8. The van der Waals surface area contributed by atoms with Crippen molar-refractivity contribution in [1.82, 2.24) is 29.8 Å². The molecule has 0 bridgehead atoms. The van der Waals surface area contributed by atoms with Crippen LogP contribution in [-0.4, -0.2) is 56.2 Å². The number of amides is 1. The zero-order valence-electron chi connectivity index (χ0n) is 16.0. The molecule has 150 valence electrons. The van der Waals surface area contributed by atoms with Gasteiger partial charge in [0.2, 0.25) is 0 Å². The van der Waals surface area contributed by atoms with Crippen molar-refractivity contribution >= 4 is 17.4 Å². The van der Waals surface area contributed by atoms with Crippen LogP contribution >= 0.6 is 0 Å². The van der Waals surface area contributed by atoms with E-state index >= 15 is 0 Å². The Labute approximate surface area is 161 Å². The van der Waals surface area contributed by atoms with Crippen LogP contribution in [0.1, 0.15) is 44.0 Å². The third-order valence-corrected chi connectivity index (χ3v) is 5.07. The Morgan fingerprint density at radius 2 is 2.21 bits per heavy atom. The number of alkyl halides is 2. The van der Waals surface area contributed by atoms with Crippen LogP contribution in [0.5, 0.6) is 0 Å². The molecule has 0 spiro atoms. The van der Waals surface area contributed by atoms with E-state index in [2.05, 4.69) is 20.4 Å². The minimum atomic E-state index is -2.72. The molecule has 0 aliphatic carbocycles. The number of nitrogens with zero attached hydrogens (tertiary/aromatic N) is 5. The van der Waals surface area contributed by atoms with Gasteiger partial charge in [0.15, 0.2) is 0 Å². The van der Waals surface area contributed by atoms with Crippen molar-refractivity contribution in [2.24, 2.45) is 5.92 Å². The molecule has 2 N–H and O–H groups in total. The van der Waals surface area contributed by atoms with Gasteiger partial charge in [-0.3, -0.25) is 4.79 Å². The first-order valence-corrected chi connectivity index (χ1v) is 9.04. The molecule has 1 fully saturated rings. The fourth-order valence-corrected chi connectivity index (χ4v) is 3.51. The quantitative estimate of drug-likeness (QED) is 0.601. The van der Waals surface area contributed by atoms with E-state index in [1.54, 1.807) is 18.9 Å². The molecule has 10 heteroatoms. The van der Waals surface area contributed by atoms with Gasteiger partial charge in [0.25, 0.3) is 18.1 Å². The van der Waals surface area contributed by atoms with Gasteiger partial charge >= 0.3 is 0 Å². The van der Waals surface area contributed by atoms with Crippen LogP contribution in [0.4, 0.5) is 8.78 Å². The van der Waals surface area contributed by atoms with Crippen LogP contribution in [0.3, 0.4) is 0 Å². The molecule has 0 radical (unpaired) electrons. The molecule has 1 saturated heterocycles. The van der Waals surface area contributed by atoms with E-state index in [0.717, 1.165) is 0 Å². The zero-order chi connectivity index (χ0) is 20.4. The van der Waals surface area contributed by atoms with Crippen molar-refractivity contribution in [3.8, 4) is 0 Å². The Balaban J connectivity index is 1.97. The van der Waals surface area contributed by atoms with Gasteiger partial charge in [-0.1, -0.05) is 6.92 Å². The summed E-state index contributed by atoms with van der Waals surface area (Å²) in [6, 6.07) is 1.35. The molecular formula is C18H23F2N7O. The van der Waals surface area contributed by atoms with Crippen LogP contribution in [0.25, 0.3) is 5.78 Å². The predicted octanol–water partition coefficient (Wildman–Crippen LogP) is 2.16. The van der Waals surface area contributed by atoms with Crippen LogP contribution in [0.15, 0.2) is 24.2 Å². The van der Waals surface area contributed by atoms with E-state index in [1.165, 1.54) is 23.1 Å². The van der Waals surface area contributed by atoms with E-state index in [4.69, 9.17) is 5.41 Å². The number of fused-ring (bicyclic) bond motifs is 1. The highest BCUT2D eigenvalue weighted by Gasteiger charge is 2.34. The molecule has 8 nitrogen and oxygen atoms in total. The minimum Gasteiger partial charge on any atom is -0.393 e. The molecule has 1 aliphatic heterocycles. The Kier molecular flexibility index (Phi) is 5.66. The summed E-state index contributed by atoms with van der Waals surface area (Å²) >= 11 is 0. The number of carbonyl (C=O) groups is 1. The first-order valence-electron chi connectivity index (χ1n) is 9.04. The molecule has 2 atom stereocenters. The number of halogens is 2. The number of piperidine rings is 1. The topological polar surface area (TPSA) is 99.3 Å². The van der Waals surface area contributed by atoms with Crippen molar-refractivity contribution in [2.45, 2.75) is 32.6 Å². The lowest BCUT2D eigenvalue weighted by atomic mass is 9.84. The second-order valence-electron chi connectivity index (χ2n) is 6.97. The van der Waals surface area contributed by atoms with E-state index < -0.39 is 6.43 Å². The Bertz CT molecular complexity index is 924. The van der Waals surface area contributed by atoms with Crippen LogP contribution < -0.4 is 5.32 Å². The summed E-state index contributed by atoms with van der Waals surface area (Å²) in [5, 5.41) is 14.8. The number of rotatable bonds is 5. The molecule has 2 aromatic heterocycles. The predicted molar refractivity (Wildman–Crippen MR) is 99.4 cm³/mol. The standard InChI is InChI=1S/C18H23F2N7O/c1-10-4-5-26(17(28)12(7-22-3)11(2)21)8-13(10)15-6-14(16(19)20)25-18-23-9-24-27(15)18/h6-7,9-10,13,16,21-22H,4-5,8H2,1-3H3/b12-7+,21-11?/t10?,13-/m1/s1. The van der Waals surface area contributed by atoms with E-state index in [-0.39, 0.29) is 40.5 Å². The van der Waals surface area contributed by atoms with Crippen LogP contribution in [0.2, 0.25) is 0 Å². The number of hydrogen-bond donors (Lipinski definition) is 2. The lowest BCUT2D eigenvalue weighted by Gasteiger charge is -2.37. The van der Waals surface area contributed by atoms with Crippen LogP contribution in [-0.2, 0) is 4.79 Å². The molecule has 3 rings (SSSR count). The van der Waals surface area contributed by atoms with Gasteiger partial charge in [0.05, 0.1) is 11.3 Å². The van der Waals surface area contributed by atoms with E-state index in [1.807, 2.05) is 6.92 Å². The Morgan fingerprint density at radius 1 is 1.46 bits per heavy atom. The Morgan fingerprint density at radius 3 is 2.86 bits per heavy atom. The van der Waals surface area contributed by atoms with Crippen LogP contribution in [0, 0.1) is 11.3 Å². The molecule has 0 saturated carbocycles. The number of carbonyl (C=O) groups excluding carboxylic acids is 1. The molecule has 1 amide bonds. The van der Waals surface area contributed by atoms with Gasteiger partial charge in [-0.15, -0.1) is 0 Å². The second-order valence-corrected chi connectivity index (χ2v) is 6.97. The molecule has 0 aromatic carbocycles. The summed E-state index contributed by atoms with van der Waals surface area (Å²) in [5.41, 5.74) is 0.660.